The van der Waals surface area contributed by atoms with E-state index in [1.165, 1.54) is 36.8 Å². The number of aryl methyl sites for hydroxylation is 1. The van der Waals surface area contributed by atoms with Crippen molar-refractivity contribution >= 4 is 0 Å². The van der Waals surface area contributed by atoms with E-state index < -0.39 is 0 Å². The second kappa shape index (κ2) is 6.62. The molecule has 1 N–H and O–H groups in total. The number of hydrogen-bond donors (Lipinski definition) is 1. The van der Waals surface area contributed by atoms with Gasteiger partial charge in [-0.2, -0.15) is 0 Å². The lowest BCUT2D eigenvalue weighted by Gasteiger charge is -2.38. The molecule has 1 aromatic rings. The predicted octanol–water partition coefficient (Wildman–Crippen LogP) is 4.10. The predicted molar refractivity (Wildman–Crippen MR) is 85.5 cm³/mol. The molecule has 0 aromatic heterocycles. The molecular formula is C18H29NO. The second-order valence-electron chi connectivity index (χ2n) is 6.54. The maximum atomic E-state index is 5.57. The van der Waals surface area contributed by atoms with Gasteiger partial charge in [0.2, 0.25) is 0 Å². The first-order chi connectivity index (χ1) is 9.57. The van der Waals surface area contributed by atoms with Crippen molar-refractivity contribution in [3.8, 4) is 5.75 Å². The zero-order chi connectivity index (χ0) is 14.6. The largest absolute Gasteiger partial charge is 0.496 e. The maximum Gasteiger partial charge on any atom is 0.122 e. The van der Waals surface area contributed by atoms with Crippen LogP contribution in [0.1, 0.15) is 50.7 Å². The molecule has 0 spiro atoms. The molecule has 1 heterocycles. The molecule has 1 aliphatic heterocycles. The van der Waals surface area contributed by atoms with Crippen LogP contribution in [0.15, 0.2) is 18.2 Å². The van der Waals surface area contributed by atoms with Crippen LogP contribution in [0.3, 0.4) is 0 Å². The minimum atomic E-state index is 0.220. The van der Waals surface area contributed by atoms with Gasteiger partial charge in [0.25, 0.3) is 0 Å². The van der Waals surface area contributed by atoms with Crippen LogP contribution in [0.25, 0.3) is 0 Å². The summed E-state index contributed by atoms with van der Waals surface area (Å²) in [7, 11) is 1.77. The van der Waals surface area contributed by atoms with Crippen LogP contribution < -0.4 is 10.1 Å². The van der Waals surface area contributed by atoms with Crippen molar-refractivity contribution in [2.45, 2.75) is 58.4 Å². The summed E-state index contributed by atoms with van der Waals surface area (Å²) >= 11 is 0. The van der Waals surface area contributed by atoms with Gasteiger partial charge in [-0.15, -0.1) is 0 Å². The summed E-state index contributed by atoms with van der Waals surface area (Å²) in [4.78, 5) is 0. The SMILES string of the molecule is COc1ccc(C)cc1CC1(C(C)C)CCCCCN1. The molecule has 0 radical (unpaired) electrons. The van der Waals surface area contributed by atoms with Gasteiger partial charge in [0.1, 0.15) is 5.75 Å². The molecule has 112 valence electrons. The van der Waals surface area contributed by atoms with Crippen LogP contribution in [0, 0.1) is 12.8 Å². The summed E-state index contributed by atoms with van der Waals surface area (Å²) in [6, 6.07) is 6.52. The van der Waals surface area contributed by atoms with E-state index in [4.69, 9.17) is 4.74 Å². The van der Waals surface area contributed by atoms with Crippen LogP contribution >= 0.6 is 0 Å². The summed E-state index contributed by atoms with van der Waals surface area (Å²) in [5.41, 5.74) is 2.88. The van der Waals surface area contributed by atoms with Crippen LogP contribution in [-0.4, -0.2) is 19.2 Å². The van der Waals surface area contributed by atoms with E-state index in [-0.39, 0.29) is 5.54 Å². The summed E-state index contributed by atoms with van der Waals surface area (Å²) in [6.45, 7) is 8.00. The van der Waals surface area contributed by atoms with Crippen molar-refractivity contribution in [2.24, 2.45) is 5.92 Å². The Morgan fingerprint density at radius 2 is 2.05 bits per heavy atom. The average molecular weight is 275 g/mol. The average Bonchev–Trinajstić information content (AvgIpc) is 2.66. The van der Waals surface area contributed by atoms with Crippen LogP contribution in [0.5, 0.6) is 5.75 Å². The first-order valence-corrected chi connectivity index (χ1v) is 7.96. The number of nitrogens with one attached hydrogen (secondary N) is 1. The summed E-state index contributed by atoms with van der Waals surface area (Å²) in [5.74, 6) is 1.66. The lowest BCUT2D eigenvalue weighted by molar-refractivity contribution is 0.223. The highest BCUT2D eigenvalue weighted by atomic mass is 16.5. The molecule has 2 heteroatoms. The topological polar surface area (TPSA) is 21.3 Å². The Bertz CT molecular complexity index is 431. The third-order valence-corrected chi connectivity index (χ3v) is 4.82. The fourth-order valence-corrected chi connectivity index (χ4v) is 3.40. The normalized spacial score (nSPS) is 23.6. The van der Waals surface area contributed by atoms with E-state index in [9.17, 15) is 0 Å². The molecular weight excluding hydrogens is 246 g/mol. The van der Waals surface area contributed by atoms with Gasteiger partial charge in [0.15, 0.2) is 0 Å². The van der Waals surface area contributed by atoms with Gasteiger partial charge in [-0.3, -0.25) is 0 Å². The van der Waals surface area contributed by atoms with Gasteiger partial charge in [0.05, 0.1) is 7.11 Å². The third kappa shape index (κ3) is 3.35. The molecule has 1 aliphatic rings. The van der Waals surface area contributed by atoms with Gasteiger partial charge >= 0.3 is 0 Å². The van der Waals surface area contributed by atoms with Crippen LogP contribution in [0.4, 0.5) is 0 Å². The summed E-state index contributed by atoms with van der Waals surface area (Å²) in [5, 5.41) is 3.86. The highest BCUT2D eigenvalue weighted by molar-refractivity contribution is 5.38. The van der Waals surface area contributed by atoms with Crippen molar-refractivity contribution in [3.63, 3.8) is 0 Å². The molecule has 20 heavy (non-hydrogen) atoms. The Balaban J connectivity index is 2.30. The standard InChI is InChI=1S/C18H29NO/c1-14(2)18(10-6-5-7-11-19-18)13-16-12-15(3)8-9-17(16)20-4/h8-9,12,14,19H,5-7,10-11,13H2,1-4H3. The maximum absolute atomic E-state index is 5.57. The fraction of sp³-hybridized carbons (Fsp3) is 0.667. The summed E-state index contributed by atoms with van der Waals surface area (Å²) < 4.78 is 5.57. The Hall–Kier alpha value is -1.02. The molecule has 1 unspecified atom stereocenters. The number of ether oxygens (including phenoxy) is 1. The lowest BCUT2D eigenvalue weighted by atomic mass is 9.77. The molecule has 0 bridgehead atoms. The van der Waals surface area contributed by atoms with Crippen molar-refractivity contribution in [2.75, 3.05) is 13.7 Å². The van der Waals surface area contributed by atoms with E-state index in [0.29, 0.717) is 5.92 Å². The molecule has 0 aliphatic carbocycles. The second-order valence-corrected chi connectivity index (χ2v) is 6.54. The Labute approximate surface area is 123 Å². The van der Waals surface area contributed by atoms with E-state index in [2.05, 4.69) is 44.3 Å². The fourth-order valence-electron chi connectivity index (χ4n) is 3.40. The zero-order valence-electron chi connectivity index (χ0n) is 13.5. The third-order valence-electron chi connectivity index (χ3n) is 4.82. The Morgan fingerprint density at radius 1 is 1.25 bits per heavy atom. The molecule has 1 aromatic carbocycles. The smallest absolute Gasteiger partial charge is 0.122 e. The minimum Gasteiger partial charge on any atom is -0.496 e. The first kappa shape index (κ1) is 15.4. The molecule has 0 amide bonds. The van der Waals surface area contributed by atoms with E-state index in [1.807, 2.05) is 0 Å². The Morgan fingerprint density at radius 3 is 2.75 bits per heavy atom. The first-order valence-electron chi connectivity index (χ1n) is 7.96. The van der Waals surface area contributed by atoms with Crippen molar-refractivity contribution in [1.29, 1.82) is 0 Å². The van der Waals surface area contributed by atoms with E-state index in [1.54, 1.807) is 7.11 Å². The highest BCUT2D eigenvalue weighted by Crippen LogP contribution is 2.33. The van der Waals surface area contributed by atoms with Gasteiger partial charge < -0.3 is 10.1 Å². The molecule has 0 saturated carbocycles. The van der Waals surface area contributed by atoms with Crippen LogP contribution in [-0.2, 0) is 6.42 Å². The van der Waals surface area contributed by atoms with Crippen molar-refractivity contribution in [1.82, 2.24) is 5.32 Å². The van der Waals surface area contributed by atoms with E-state index in [0.717, 1.165) is 18.7 Å². The lowest BCUT2D eigenvalue weighted by Crippen LogP contribution is -2.51. The Kier molecular flexibility index (Phi) is 5.09. The number of rotatable bonds is 4. The quantitative estimate of drug-likeness (QED) is 0.893. The number of benzene rings is 1. The zero-order valence-corrected chi connectivity index (χ0v) is 13.5. The summed E-state index contributed by atoms with van der Waals surface area (Å²) in [6.07, 6.45) is 6.32. The minimum absolute atomic E-state index is 0.220. The van der Waals surface area contributed by atoms with Gasteiger partial charge in [0, 0.05) is 5.54 Å². The van der Waals surface area contributed by atoms with Gasteiger partial charge in [-0.05, 0) is 50.3 Å². The molecule has 2 rings (SSSR count). The number of methoxy groups -OCH3 is 1. The highest BCUT2D eigenvalue weighted by Gasteiger charge is 2.34. The molecule has 2 nitrogen and oxygen atoms in total. The van der Waals surface area contributed by atoms with Crippen molar-refractivity contribution < 1.29 is 4.74 Å². The monoisotopic (exact) mass is 275 g/mol. The van der Waals surface area contributed by atoms with Gasteiger partial charge in [-0.25, -0.2) is 0 Å². The number of hydrogen-bond acceptors (Lipinski definition) is 2. The van der Waals surface area contributed by atoms with Gasteiger partial charge in [-0.1, -0.05) is 44.4 Å². The van der Waals surface area contributed by atoms with Crippen LogP contribution in [0.2, 0.25) is 0 Å². The molecule has 1 saturated heterocycles. The van der Waals surface area contributed by atoms with Crippen molar-refractivity contribution in [3.05, 3.63) is 29.3 Å². The molecule has 1 fully saturated rings. The molecule has 1 atom stereocenters. The van der Waals surface area contributed by atoms with E-state index >= 15 is 0 Å².